The fourth-order valence-corrected chi connectivity index (χ4v) is 0.827. The molecule has 0 amide bonds. The lowest BCUT2D eigenvalue weighted by molar-refractivity contribution is 0.995. The summed E-state index contributed by atoms with van der Waals surface area (Å²) in [6, 6.07) is 3.33. The second-order valence-corrected chi connectivity index (χ2v) is 2.28. The van der Waals surface area contributed by atoms with Gasteiger partial charge in [0.05, 0.1) is 10.7 Å². The van der Waals surface area contributed by atoms with E-state index in [1.807, 2.05) is 0 Å². The highest BCUT2D eigenvalue weighted by atomic mass is 35.5. The van der Waals surface area contributed by atoms with Crippen LogP contribution in [0.3, 0.4) is 0 Å². The molecular weight excluding hydrogens is 150 g/mol. The summed E-state index contributed by atoms with van der Waals surface area (Å²) >= 11 is 5.70. The number of nitrogens with zero attached hydrogens (tertiary/aromatic N) is 1. The first-order valence-electron chi connectivity index (χ1n) is 2.85. The third kappa shape index (κ3) is 1.37. The van der Waals surface area contributed by atoms with E-state index in [4.69, 9.17) is 23.1 Å². The minimum Gasteiger partial charge on any atom is -0.384 e. The van der Waals surface area contributed by atoms with Crippen molar-refractivity contribution >= 4 is 17.4 Å². The van der Waals surface area contributed by atoms with Crippen molar-refractivity contribution in [3.8, 4) is 0 Å². The van der Waals surface area contributed by atoms with Gasteiger partial charge in [0.1, 0.15) is 5.82 Å². The summed E-state index contributed by atoms with van der Waals surface area (Å²) in [7, 11) is 0. The predicted octanol–water partition coefficient (Wildman–Crippen LogP) is 0.776. The molecule has 1 aromatic heterocycles. The van der Waals surface area contributed by atoms with Crippen LogP contribution in [0.2, 0.25) is 5.02 Å². The van der Waals surface area contributed by atoms with Crippen LogP contribution in [0.25, 0.3) is 0 Å². The Balaban J connectivity index is 3.09. The molecule has 0 saturated carbocycles. The number of hydrogen-bond acceptors (Lipinski definition) is 3. The van der Waals surface area contributed by atoms with Crippen molar-refractivity contribution < 1.29 is 0 Å². The van der Waals surface area contributed by atoms with Gasteiger partial charge in [-0.15, -0.1) is 0 Å². The fraction of sp³-hybridized carbons (Fsp3) is 0.167. The molecule has 4 heteroatoms. The second-order valence-electron chi connectivity index (χ2n) is 1.87. The number of rotatable bonds is 1. The SMILES string of the molecule is NCc1nc(N)ccc1Cl. The Kier molecular flexibility index (Phi) is 2.09. The number of halogens is 1. The Labute approximate surface area is 64.0 Å². The van der Waals surface area contributed by atoms with Gasteiger partial charge < -0.3 is 11.5 Å². The van der Waals surface area contributed by atoms with Gasteiger partial charge in [0, 0.05) is 6.54 Å². The minimum atomic E-state index is 0.323. The van der Waals surface area contributed by atoms with Crippen LogP contribution in [0, 0.1) is 0 Å². The Morgan fingerprint density at radius 2 is 2.20 bits per heavy atom. The number of aromatic nitrogens is 1. The van der Waals surface area contributed by atoms with Gasteiger partial charge in [-0.25, -0.2) is 4.98 Å². The molecule has 4 N–H and O–H groups in total. The zero-order valence-corrected chi connectivity index (χ0v) is 6.10. The molecule has 0 aliphatic heterocycles. The summed E-state index contributed by atoms with van der Waals surface area (Å²) in [5, 5.41) is 0.566. The van der Waals surface area contributed by atoms with E-state index in [0.29, 0.717) is 23.1 Å². The highest BCUT2D eigenvalue weighted by molar-refractivity contribution is 6.31. The predicted molar refractivity (Wildman–Crippen MR) is 41.6 cm³/mol. The van der Waals surface area contributed by atoms with Gasteiger partial charge in [-0.1, -0.05) is 11.6 Å². The molecule has 0 aliphatic rings. The molecule has 1 rings (SSSR count). The zero-order valence-electron chi connectivity index (χ0n) is 5.34. The van der Waals surface area contributed by atoms with Gasteiger partial charge in [-0.05, 0) is 12.1 Å². The first-order chi connectivity index (χ1) is 4.74. The van der Waals surface area contributed by atoms with E-state index < -0.39 is 0 Å². The lowest BCUT2D eigenvalue weighted by Gasteiger charge is -1.99. The van der Waals surface area contributed by atoms with E-state index >= 15 is 0 Å². The Hall–Kier alpha value is -0.800. The van der Waals surface area contributed by atoms with Crippen molar-refractivity contribution in [2.45, 2.75) is 6.54 Å². The van der Waals surface area contributed by atoms with Crippen molar-refractivity contribution in [3.05, 3.63) is 22.8 Å². The summed E-state index contributed by atoms with van der Waals surface area (Å²) in [6.07, 6.45) is 0. The minimum absolute atomic E-state index is 0.323. The number of nitrogen functional groups attached to an aromatic ring is 1. The molecule has 0 spiro atoms. The van der Waals surface area contributed by atoms with Gasteiger partial charge in [0.25, 0.3) is 0 Å². The van der Waals surface area contributed by atoms with Crippen LogP contribution in [0.1, 0.15) is 5.69 Å². The van der Waals surface area contributed by atoms with Gasteiger partial charge in [-0.2, -0.15) is 0 Å². The van der Waals surface area contributed by atoms with Crippen LogP contribution in [0.5, 0.6) is 0 Å². The van der Waals surface area contributed by atoms with Crippen molar-refractivity contribution in [1.29, 1.82) is 0 Å². The summed E-state index contributed by atoms with van der Waals surface area (Å²) in [4.78, 5) is 3.91. The Morgan fingerprint density at radius 1 is 1.50 bits per heavy atom. The molecule has 0 radical (unpaired) electrons. The number of nitrogens with two attached hydrogens (primary N) is 2. The quantitative estimate of drug-likeness (QED) is 0.633. The van der Waals surface area contributed by atoms with Crippen molar-refractivity contribution in [2.24, 2.45) is 5.73 Å². The summed E-state index contributed by atoms with van der Waals surface area (Å²) in [5.74, 6) is 0.449. The average molecular weight is 158 g/mol. The van der Waals surface area contributed by atoms with Crippen molar-refractivity contribution in [1.82, 2.24) is 4.98 Å². The second kappa shape index (κ2) is 2.86. The molecule has 0 fully saturated rings. The molecular formula is C6H8ClN3. The highest BCUT2D eigenvalue weighted by Gasteiger charge is 1.98. The van der Waals surface area contributed by atoms with E-state index in [0.717, 1.165) is 0 Å². The van der Waals surface area contributed by atoms with Crippen LogP contribution < -0.4 is 11.5 Å². The smallest absolute Gasteiger partial charge is 0.123 e. The van der Waals surface area contributed by atoms with Gasteiger partial charge in [-0.3, -0.25) is 0 Å². The van der Waals surface area contributed by atoms with E-state index in [1.165, 1.54) is 0 Å². The summed E-state index contributed by atoms with van der Waals surface area (Å²) < 4.78 is 0. The molecule has 0 aromatic carbocycles. The lowest BCUT2D eigenvalue weighted by atomic mass is 10.3. The molecule has 54 valence electrons. The van der Waals surface area contributed by atoms with Crippen molar-refractivity contribution in [2.75, 3.05) is 5.73 Å². The van der Waals surface area contributed by atoms with Crippen LogP contribution >= 0.6 is 11.6 Å². The molecule has 1 heterocycles. The first-order valence-corrected chi connectivity index (χ1v) is 3.23. The third-order valence-corrected chi connectivity index (χ3v) is 1.48. The van der Waals surface area contributed by atoms with E-state index in [9.17, 15) is 0 Å². The molecule has 1 aromatic rings. The third-order valence-electron chi connectivity index (χ3n) is 1.13. The number of anilines is 1. The van der Waals surface area contributed by atoms with Gasteiger partial charge in [0.2, 0.25) is 0 Å². The highest BCUT2D eigenvalue weighted by Crippen LogP contribution is 2.13. The van der Waals surface area contributed by atoms with E-state index in [1.54, 1.807) is 12.1 Å². The summed E-state index contributed by atoms with van der Waals surface area (Å²) in [6.45, 7) is 0.323. The molecule has 0 saturated heterocycles. The molecule has 10 heavy (non-hydrogen) atoms. The maximum atomic E-state index is 5.70. The van der Waals surface area contributed by atoms with Gasteiger partial charge >= 0.3 is 0 Å². The largest absolute Gasteiger partial charge is 0.384 e. The fourth-order valence-electron chi connectivity index (χ4n) is 0.644. The maximum absolute atomic E-state index is 5.70. The van der Waals surface area contributed by atoms with Gasteiger partial charge in [0.15, 0.2) is 0 Å². The standard InChI is InChI=1S/C6H8ClN3/c7-4-1-2-6(9)10-5(4)3-8/h1-2H,3,8H2,(H2,9,10). The normalized spacial score (nSPS) is 9.80. The molecule has 0 bridgehead atoms. The van der Waals surface area contributed by atoms with Crippen LogP contribution in [-0.4, -0.2) is 4.98 Å². The Bertz CT molecular complexity index is 236. The number of pyridine rings is 1. The topological polar surface area (TPSA) is 64.9 Å². The molecule has 0 atom stereocenters. The first kappa shape index (κ1) is 7.31. The molecule has 0 unspecified atom stereocenters. The van der Waals surface area contributed by atoms with E-state index in [-0.39, 0.29) is 0 Å². The average Bonchev–Trinajstić information content (AvgIpc) is 1.94. The van der Waals surface area contributed by atoms with Crippen LogP contribution in [-0.2, 0) is 6.54 Å². The maximum Gasteiger partial charge on any atom is 0.123 e. The summed E-state index contributed by atoms with van der Waals surface area (Å²) in [5.41, 5.74) is 11.3. The van der Waals surface area contributed by atoms with E-state index in [2.05, 4.69) is 4.98 Å². The van der Waals surface area contributed by atoms with Crippen molar-refractivity contribution in [3.63, 3.8) is 0 Å². The lowest BCUT2D eigenvalue weighted by Crippen LogP contribution is -2.02. The zero-order chi connectivity index (χ0) is 7.56. The number of hydrogen-bond donors (Lipinski definition) is 2. The molecule has 0 aliphatic carbocycles. The van der Waals surface area contributed by atoms with Crippen LogP contribution in [0.4, 0.5) is 5.82 Å². The van der Waals surface area contributed by atoms with Crippen LogP contribution in [0.15, 0.2) is 12.1 Å². The Morgan fingerprint density at radius 3 is 2.70 bits per heavy atom. The monoisotopic (exact) mass is 157 g/mol. The molecule has 3 nitrogen and oxygen atoms in total.